The van der Waals surface area contributed by atoms with Crippen LogP contribution in [0.3, 0.4) is 0 Å². The molecule has 2 saturated heterocycles. The first-order valence-electron chi connectivity index (χ1n) is 8.03. The van der Waals surface area contributed by atoms with Crippen molar-refractivity contribution in [1.82, 2.24) is 4.90 Å². The highest BCUT2D eigenvalue weighted by Gasteiger charge is 2.45. The molecule has 23 heavy (non-hydrogen) atoms. The molecule has 6 heteroatoms. The number of benzene rings is 1. The number of ether oxygens (including phenoxy) is 3. The van der Waals surface area contributed by atoms with E-state index in [0.717, 1.165) is 18.4 Å². The number of amides is 1. The van der Waals surface area contributed by atoms with Gasteiger partial charge in [-0.15, -0.1) is 0 Å². The molecule has 2 aliphatic rings. The Labute approximate surface area is 145 Å². The van der Waals surface area contributed by atoms with Crippen molar-refractivity contribution in [3.05, 3.63) is 35.9 Å². The van der Waals surface area contributed by atoms with Gasteiger partial charge in [-0.05, 0) is 18.4 Å². The van der Waals surface area contributed by atoms with Crippen LogP contribution in [0, 0.1) is 5.92 Å². The highest BCUT2D eigenvalue weighted by molar-refractivity contribution is 9.09. The maximum Gasteiger partial charge on any atom is 0.410 e. The third-order valence-electron chi connectivity index (χ3n) is 4.54. The van der Waals surface area contributed by atoms with E-state index in [0.29, 0.717) is 44.2 Å². The van der Waals surface area contributed by atoms with Gasteiger partial charge in [0.15, 0.2) is 5.79 Å². The van der Waals surface area contributed by atoms with Crippen molar-refractivity contribution in [1.29, 1.82) is 0 Å². The van der Waals surface area contributed by atoms with Crippen molar-refractivity contribution in [3.8, 4) is 0 Å². The Bertz CT molecular complexity index is 511. The highest BCUT2D eigenvalue weighted by Crippen LogP contribution is 2.36. The van der Waals surface area contributed by atoms with E-state index in [9.17, 15) is 4.79 Å². The topological polar surface area (TPSA) is 48.0 Å². The second-order valence-electron chi connectivity index (χ2n) is 5.94. The van der Waals surface area contributed by atoms with Crippen molar-refractivity contribution in [3.63, 3.8) is 0 Å². The van der Waals surface area contributed by atoms with E-state index < -0.39 is 5.79 Å². The maximum absolute atomic E-state index is 12.2. The Hall–Kier alpha value is -1.11. The summed E-state index contributed by atoms with van der Waals surface area (Å²) in [5, 5.41) is 0.670. The monoisotopic (exact) mass is 383 g/mol. The van der Waals surface area contributed by atoms with E-state index in [1.54, 1.807) is 4.90 Å². The van der Waals surface area contributed by atoms with Gasteiger partial charge in [-0.1, -0.05) is 46.3 Å². The van der Waals surface area contributed by atoms with E-state index in [-0.39, 0.29) is 6.09 Å². The maximum atomic E-state index is 12.2. The molecule has 1 aromatic carbocycles. The lowest BCUT2D eigenvalue weighted by atomic mass is 9.89. The second-order valence-corrected chi connectivity index (χ2v) is 6.50. The quantitative estimate of drug-likeness (QED) is 0.749. The number of likely N-dealkylation sites (tertiary alicyclic amines) is 1. The smallest absolute Gasteiger partial charge is 0.410 e. The fraction of sp³-hybridized carbons (Fsp3) is 0.588. The number of hydrogen-bond donors (Lipinski definition) is 0. The van der Waals surface area contributed by atoms with Gasteiger partial charge in [0.25, 0.3) is 0 Å². The summed E-state index contributed by atoms with van der Waals surface area (Å²) in [6.07, 6.45) is 1.49. The standard InChI is InChI=1S/C17H22BrNO4/c18-13-17(22-10-11-23-17)15-6-8-19(9-7-15)16(20)21-12-14-4-2-1-3-5-14/h1-5,15H,6-13H2. The molecular formula is C17H22BrNO4. The van der Waals surface area contributed by atoms with E-state index in [4.69, 9.17) is 14.2 Å². The molecular weight excluding hydrogens is 362 g/mol. The van der Waals surface area contributed by atoms with Crippen LogP contribution in [0.1, 0.15) is 18.4 Å². The SMILES string of the molecule is O=C(OCc1ccccc1)N1CCC(C2(CBr)OCCO2)CC1. The lowest BCUT2D eigenvalue weighted by Crippen LogP contribution is -2.48. The van der Waals surface area contributed by atoms with Gasteiger partial charge in [0.1, 0.15) is 6.61 Å². The van der Waals surface area contributed by atoms with Gasteiger partial charge in [0.05, 0.1) is 18.5 Å². The summed E-state index contributed by atoms with van der Waals surface area (Å²) in [7, 11) is 0. The highest BCUT2D eigenvalue weighted by atomic mass is 79.9. The van der Waals surface area contributed by atoms with E-state index >= 15 is 0 Å². The summed E-state index contributed by atoms with van der Waals surface area (Å²) in [6, 6.07) is 9.73. The normalized spacial score (nSPS) is 21.3. The molecule has 2 aliphatic heterocycles. The number of rotatable bonds is 4. The van der Waals surface area contributed by atoms with E-state index in [1.165, 1.54) is 0 Å². The fourth-order valence-electron chi connectivity index (χ4n) is 3.20. The van der Waals surface area contributed by atoms with Crippen molar-refractivity contribution < 1.29 is 19.0 Å². The molecule has 126 valence electrons. The number of alkyl halides is 1. The van der Waals surface area contributed by atoms with Gasteiger partial charge in [-0.25, -0.2) is 4.79 Å². The van der Waals surface area contributed by atoms with Crippen LogP contribution in [0.5, 0.6) is 0 Å². The second kappa shape index (κ2) is 7.64. The van der Waals surface area contributed by atoms with Gasteiger partial charge in [-0.3, -0.25) is 0 Å². The molecule has 3 rings (SSSR count). The zero-order valence-electron chi connectivity index (χ0n) is 13.1. The van der Waals surface area contributed by atoms with E-state index in [1.807, 2.05) is 30.3 Å². The minimum atomic E-state index is -0.514. The fourth-order valence-corrected chi connectivity index (χ4v) is 3.99. The first-order chi connectivity index (χ1) is 11.2. The molecule has 2 heterocycles. The third kappa shape index (κ3) is 3.87. The van der Waals surface area contributed by atoms with Gasteiger partial charge >= 0.3 is 6.09 Å². The van der Waals surface area contributed by atoms with Crippen LogP contribution in [-0.4, -0.2) is 48.4 Å². The number of halogens is 1. The van der Waals surface area contributed by atoms with Crippen molar-refractivity contribution in [2.45, 2.75) is 25.2 Å². The predicted octanol–water partition coefficient (Wildman–Crippen LogP) is 3.17. The molecule has 0 atom stereocenters. The Morgan fingerprint density at radius 3 is 2.48 bits per heavy atom. The average molecular weight is 384 g/mol. The molecule has 0 aliphatic carbocycles. The molecule has 1 aromatic rings. The minimum Gasteiger partial charge on any atom is -0.445 e. The molecule has 0 unspecified atom stereocenters. The van der Waals surface area contributed by atoms with Crippen LogP contribution >= 0.6 is 15.9 Å². The van der Waals surface area contributed by atoms with Crippen LogP contribution in [0.25, 0.3) is 0 Å². The van der Waals surface area contributed by atoms with Gasteiger partial charge < -0.3 is 19.1 Å². The summed E-state index contributed by atoms with van der Waals surface area (Å²) < 4.78 is 17.0. The van der Waals surface area contributed by atoms with Gasteiger partial charge in [0, 0.05) is 19.0 Å². The summed E-state index contributed by atoms with van der Waals surface area (Å²) in [4.78, 5) is 14.0. The van der Waals surface area contributed by atoms with Crippen LogP contribution in [-0.2, 0) is 20.8 Å². The summed E-state index contributed by atoms with van der Waals surface area (Å²) in [6.45, 7) is 2.96. The molecule has 0 radical (unpaired) electrons. The number of piperidine rings is 1. The Morgan fingerprint density at radius 2 is 1.87 bits per heavy atom. The molecule has 2 fully saturated rings. The number of nitrogens with zero attached hydrogens (tertiary/aromatic N) is 1. The molecule has 0 spiro atoms. The van der Waals surface area contributed by atoms with Gasteiger partial charge in [-0.2, -0.15) is 0 Å². The Balaban J connectivity index is 1.47. The van der Waals surface area contributed by atoms with Crippen LogP contribution in [0.4, 0.5) is 4.79 Å². The minimum absolute atomic E-state index is 0.242. The van der Waals surface area contributed by atoms with Crippen molar-refractivity contribution in [2.75, 3.05) is 31.6 Å². The number of hydrogen-bond acceptors (Lipinski definition) is 4. The zero-order chi connectivity index (χ0) is 16.1. The predicted molar refractivity (Wildman–Crippen MR) is 89.4 cm³/mol. The average Bonchev–Trinajstić information content (AvgIpc) is 3.11. The lowest BCUT2D eigenvalue weighted by Gasteiger charge is -2.39. The first-order valence-corrected chi connectivity index (χ1v) is 9.15. The lowest BCUT2D eigenvalue weighted by molar-refractivity contribution is -0.185. The van der Waals surface area contributed by atoms with Crippen LogP contribution in [0.2, 0.25) is 0 Å². The largest absolute Gasteiger partial charge is 0.445 e. The molecule has 0 saturated carbocycles. The van der Waals surface area contributed by atoms with Crippen molar-refractivity contribution in [2.24, 2.45) is 5.92 Å². The molecule has 0 N–H and O–H groups in total. The summed E-state index contributed by atoms with van der Waals surface area (Å²) in [5.74, 6) is -0.206. The Morgan fingerprint density at radius 1 is 1.22 bits per heavy atom. The number of carbonyl (C=O) groups excluding carboxylic acids is 1. The number of carbonyl (C=O) groups is 1. The molecule has 1 amide bonds. The van der Waals surface area contributed by atoms with Crippen molar-refractivity contribution >= 4 is 22.0 Å². The zero-order valence-corrected chi connectivity index (χ0v) is 14.7. The molecule has 0 aromatic heterocycles. The first kappa shape index (κ1) is 16.7. The summed E-state index contributed by atoms with van der Waals surface area (Å²) in [5.41, 5.74) is 1.00. The van der Waals surface area contributed by atoms with E-state index in [2.05, 4.69) is 15.9 Å². The van der Waals surface area contributed by atoms with Gasteiger partial charge in [0.2, 0.25) is 0 Å². The van der Waals surface area contributed by atoms with Crippen LogP contribution in [0.15, 0.2) is 30.3 Å². The third-order valence-corrected chi connectivity index (χ3v) is 5.32. The van der Waals surface area contributed by atoms with Crippen LogP contribution < -0.4 is 0 Å². The Kier molecular flexibility index (Phi) is 5.56. The molecule has 5 nitrogen and oxygen atoms in total. The summed E-state index contributed by atoms with van der Waals surface area (Å²) >= 11 is 3.51. The molecule has 0 bridgehead atoms.